The zero-order valence-electron chi connectivity index (χ0n) is 12.6. The molecular weight excluding hydrogens is 278 g/mol. The fraction of sp³-hybridized carbons (Fsp3) is 0.389. The molecule has 1 aromatic carbocycles. The van der Waals surface area contributed by atoms with E-state index in [1.807, 2.05) is 12.1 Å². The first-order chi connectivity index (χ1) is 10.1. The number of amides is 1. The summed E-state index contributed by atoms with van der Waals surface area (Å²) in [5, 5.41) is 3.14. The van der Waals surface area contributed by atoms with Gasteiger partial charge in [0.1, 0.15) is 0 Å². The van der Waals surface area contributed by atoms with Gasteiger partial charge in [0.05, 0.1) is 4.88 Å². The number of hydrogen-bond donors (Lipinski definition) is 1. The maximum atomic E-state index is 12.3. The first-order valence-electron chi connectivity index (χ1n) is 7.58. The van der Waals surface area contributed by atoms with E-state index in [9.17, 15) is 4.79 Å². The van der Waals surface area contributed by atoms with Gasteiger partial charge >= 0.3 is 0 Å². The SMILES string of the molecule is CCc1cc(C(=O)NCC2(c3ccccc3)CC2)sc1C. The predicted molar refractivity (Wildman–Crippen MR) is 88.1 cm³/mol. The van der Waals surface area contributed by atoms with Gasteiger partial charge < -0.3 is 5.32 Å². The van der Waals surface area contributed by atoms with Crippen molar-refractivity contribution in [3.05, 3.63) is 57.3 Å². The molecule has 0 unspecified atom stereocenters. The number of nitrogens with one attached hydrogen (secondary N) is 1. The van der Waals surface area contributed by atoms with Crippen LogP contribution in [0.15, 0.2) is 36.4 Å². The Bertz CT molecular complexity index is 640. The number of carbonyl (C=O) groups excluding carboxylic acids is 1. The van der Waals surface area contributed by atoms with Crippen LogP contribution in [0.4, 0.5) is 0 Å². The van der Waals surface area contributed by atoms with Crippen LogP contribution in [0.25, 0.3) is 0 Å². The molecule has 2 aromatic rings. The topological polar surface area (TPSA) is 29.1 Å². The van der Waals surface area contributed by atoms with Crippen molar-refractivity contribution < 1.29 is 4.79 Å². The molecule has 0 saturated heterocycles. The molecule has 1 aromatic heterocycles. The molecule has 1 aliphatic carbocycles. The second kappa shape index (κ2) is 5.64. The lowest BCUT2D eigenvalue weighted by atomic mass is 9.96. The second-order valence-electron chi connectivity index (χ2n) is 5.87. The molecule has 21 heavy (non-hydrogen) atoms. The van der Waals surface area contributed by atoms with Crippen molar-refractivity contribution >= 4 is 17.2 Å². The summed E-state index contributed by atoms with van der Waals surface area (Å²) in [7, 11) is 0. The summed E-state index contributed by atoms with van der Waals surface area (Å²) in [6.07, 6.45) is 3.32. The smallest absolute Gasteiger partial charge is 0.261 e. The van der Waals surface area contributed by atoms with E-state index in [4.69, 9.17) is 0 Å². The van der Waals surface area contributed by atoms with Crippen molar-refractivity contribution in [2.75, 3.05) is 6.54 Å². The Balaban J connectivity index is 1.66. The fourth-order valence-electron chi connectivity index (χ4n) is 2.83. The van der Waals surface area contributed by atoms with Crippen molar-refractivity contribution in [3.63, 3.8) is 0 Å². The summed E-state index contributed by atoms with van der Waals surface area (Å²) in [6.45, 7) is 4.96. The summed E-state index contributed by atoms with van der Waals surface area (Å²) in [5.41, 5.74) is 2.81. The fourth-order valence-corrected chi connectivity index (χ4v) is 3.86. The van der Waals surface area contributed by atoms with E-state index in [0.717, 1.165) is 17.8 Å². The summed E-state index contributed by atoms with van der Waals surface area (Å²) in [6, 6.07) is 12.6. The van der Waals surface area contributed by atoms with Gasteiger partial charge in [-0.1, -0.05) is 37.3 Å². The van der Waals surface area contributed by atoms with Gasteiger partial charge in [0.2, 0.25) is 0 Å². The third kappa shape index (κ3) is 2.88. The van der Waals surface area contributed by atoms with Crippen molar-refractivity contribution in [3.8, 4) is 0 Å². The highest BCUT2D eigenvalue weighted by Gasteiger charge is 2.44. The van der Waals surface area contributed by atoms with E-state index < -0.39 is 0 Å². The summed E-state index contributed by atoms with van der Waals surface area (Å²) in [4.78, 5) is 14.4. The second-order valence-corrected chi connectivity index (χ2v) is 7.13. The van der Waals surface area contributed by atoms with Gasteiger partial charge in [-0.25, -0.2) is 0 Å². The van der Waals surface area contributed by atoms with E-state index >= 15 is 0 Å². The summed E-state index contributed by atoms with van der Waals surface area (Å²) in [5.74, 6) is 0.0741. The Morgan fingerprint density at radius 2 is 2.00 bits per heavy atom. The number of benzene rings is 1. The molecule has 0 atom stereocenters. The van der Waals surface area contributed by atoms with Crippen LogP contribution in [0.1, 0.15) is 45.4 Å². The zero-order chi connectivity index (χ0) is 14.9. The Labute approximate surface area is 130 Å². The number of hydrogen-bond acceptors (Lipinski definition) is 2. The molecule has 0 aliphatic heterocycles. The highest BCUT2D eigenvalue weighted by atomic mass is 32.1. The molecule has 1 saturated carbocycles. The van der Waals surface area contributed by atoms with E-state index in [0.29, 0.717) is 0 Å². The van der Waals surface area contributed by atoms with Gasteiger partial charge in [-0.05, 0) is 43.4 Å². The number of thiophene rings is 1. The molecule has 3 rings (SSSR count). The third-order valence-electron chi connectivity index (χ3n) is 4.45. The summed E-state index contributed by atoms with van der Waals surface area (Å²) < 4.78 is 0. The Morgan fingerprint density at radius 3 is 2.57 bits per heavy atom. The van der Waals surface area contributed by atoms with E-state index in [-0.39, 0.29) is 11.3 Å². The minimum absolute atomic E-state index is 0.0741. The minimum Gasteiger partial charge on any atom is -0.350 e. The van der Waals surface area contributed by atoms with E-state index in [1.54, 1.807) is 11.3 Å². The van der Waals surface area contributed by atoms with Gasteiger partial charge in [-0.3, -0.25) is 4.79 Å². The van der Waals surface area contributed by atoms with Crippen molar-refractivity contribution in [2.45, 2.75) is 38.5 Å². The zero-order valence-corrected chi connectivity index (χ0v) is 13.4. The van der Waals surface area contributed by atoms with Crippen molar-refractivity contribution in [1.29, 1.82) is 0 Å². The molecule has 1 aliphatic rings. The van der Waals surface area contributed by atoms with Crippen LogP contribution in [0, 0.1) is 6.92 Å². The minimum atomic E-state index is 0.0741. The molecule has 110 valence electrons. The van der Waals surface area contributed by atoms with Crippen LogP contribution in [0.5, 0.6) is 0 Å². The van der Waals surface area contributed by atoms with E-state index in [1.165, 1.54) is 28.8 Å². The lowest BCUT2D eigenvalue weighted by molar-refractivity contribution is 0.0953. The molecule has 1 N–H and O–H groups in total. The Morgan fingerprint density at radius 1 is 1.29 bits per heavy atom. The van der Waals surface area contributed by atoms with Gasteiger partial charge in [-0.15, -0.1) is 11.3 Å². The Kier molecular flexibility index (Phi) is 3.85. The van der Waals surface area contributed by atoms with Gasteiger partial charge in [0.15, 0.2) is 0 Å². The lowest BCUT2D eigenvalue weighted by Gasteiger charge is -2.16. The van der Waals surface area contributed by atoms with Crippen LogP contribution in [0.3, 0.4) is 0 Å². The number of carbonyl (C=O) groups is 1. The lowest BCUT2D eigenvalue weighted by Crippen LogP contribution is -2.31. The molecule has 0 spiro atoms. The normalized spacial score (nSPS) is 15.7. The van der Waals surface area contributed by atoms with Crippen LogP contribution >= 0.6 is 11.3 Å². The number of aryl methyl sites for hydroxylation is 2. The third-order valence-corrected chi connectivity index (χ3v) is 5.54. The van der Waals surface area contributed by atoms with Gasteiger partial charge in [0.25, 0.3) is 5.91 Å². The first-order valence-corrected chi connectivity index (χ1v) is 8.39. The standard InChI is InChI=1S/C18H21NOS/c1-3-14-11-16(21-13(14)2)17(20)19-12-18(9-10-18)15-7-5-4-6-8-15/h4-8,11H,3,9-10,12H2,1-2H3,(H,19,20). The van der Waals surface area contributed by atoms with Crippen molar-refractivity contribution in [2.24, 2.45) is 0 Å². The van der Waals surface area contributed by atoms with Gasteiger partial charge in [-0.2, -0.15) is 0 Å². The molecule has 1 amide bonds. The maximum absolute atomic E-state index is 12.3. The van der Waals surface area contributed by atoms with E-state index in [2.05, 4.69) is 43.4 Å². The molecule has 0 radical (unpaired) electrons. The largest absolute Gasteiger partial charge is 0.350 e. The Hall–Kier alpha value is -1.61. The van der Waals surface area contributed by atoms with Gasteiger partial charge in [0, 0.05) is 16.8 Å². The molecule has 1 fully saturated rings. The molecule has 2 nitrogen and oxygen atoms in total. The molecule has 3 heteroatoms. The van der Waals surface area contributed by atoms with Crippen LogP contribution in [-0.4, -0.2) is 12.5 Å². The average Bonchev–Trinajstić information content (AvgIpc) is 3.22. The number of rotatable bonds is 5. The summed E-state index contributed by atoms with van der Waals surface area (Å²) >= 11 is 1.60. The highest BCUT2D eigenvalue weighted by molar-refractivity contribution is 7.14. The van der Waals surface area contributed by atoms with Crippen LogP contribution in [0.2, 0.25) is 0 Å². The predicted octanol–water partition coefficient (Wildman–Crippen LogP) is 4.08. The van der Waals surface area contributed by atoms with Crippen LogP contribution in [-0.2, 0) is 11.8 Å². The highest BCUT2D eigenvalue weighted by Crippen LogP contribution is 2.47. The molecule has 1 heterocycles. The van der Waals surface area contributed by atoms with Crippen molar-refractivity contribution in [1.82, 2.24) is 5.32 Å². The molecular formula is C18H21NOS. The first kappa shape index (κ1) is 14.3. The average molecular weight is 299 g/mol. The molecule has 0 bridgehead atoms. The van der Waals surface area contributed by atoms with Crippen LogP contribution < -0.4 is 5.32 Å². The monoisotopic (exact) mass is 299 g/mol. The maximum Gasteiger partial charge on any atom is 0.261 e. The quantitative estimate of drug-likeness (QED) is 0.885.